The second-order valence-corrected chi connectivity index (χ2v) is 4.63. The molecule has 0 N–H and O–H groups in total. The Bertz CT molecular complexity index is 613. The fourth-order valence-electron chi connectivity index (χ4n) is 2.03. The minimum Gasteiger partial charge on any atom is -0.299 e. The van der Waals surface area contributed by atoms with E-state index < -0.39 is 0 Å². The molecular formula is C17H19NO. The molecule has 2 aromatic rings. The van der Waals surface area contributed by atoms with Crippen LogP contribution in [0.3, 0.4) is 0 Å². The Balaban J connectivity index is 2.29. The molecule has 0 saturated heterocycles. The summed E-state index contributed by atoms with van der Waals surface area (Å²) in [5.41, 5.74) is 1.89. The van der Waals surface area contributed by atoms with Gasteiger partial charge in [-0.1, -0.05) is 44.2 Å². The normalized spacial score (nSPS) is 11.8. The van der Waals surface area contributed by atoms with Crippen molar-refractivity contribution in [1.82, 2.24) is 0 Å². The van der Waals surface area contributed by atoms with E-state index in [-0.39, 0.29) is 5.78 Å². The quantitative estimate of drug-likeness (QED) is 0.711. The Kier molecular flexibility index (Phi) is 4.45. The summed E-state index contributed by atoms with van der Waals surface area (Å²) < 4.78 is 0. The number of hydrogen-bond acceptors (Lipinski definition) is 2. The molecule has 0 fully saturated rings. The molecule has 0 heterocycles. The molecular weight excluding hydrogens is 234 g/mol. The van der Waals surface area contributed by atoms with E-state index in [1.54, 1.807) is 0 Å². The molecule has 0 amide bonds. The van der Waals surface area contributed by atoms with Crippen LogP contribution in [0.15, 0.2) is 47.5 Å². The molecule has 2 aromatic carbocycles. The van der Waals surface area contributed by atoms with E-state index in [1.165, 1.54) is 10.8 Å². The van der Waals surface area contributed by atoms with Gasteiger partial charge in [-0.05, 0) is 29.3 Å². The monoisotopic (exact) mass is 253 g/mol. The molecule has 0 radical (unpaired) electrons. The second-order valence-electron chi connectivity index (χ2n) is 4.63. The van der Waals surface area contributed by atoms with Gasteiger partial charge in [0.05, 0.1) is 5.69 Å². The third-order valence-corrected chi connectivity index (χ3v) is 3.22. The number of nitrogens with zero attached hydrogens (tertiary/aromatic N) is 1. The number of rotatable bonds is 5. The van der Waals surface area contributed by atoms with Gasteiger partial charge >= 0.3 is 0 Å². The van der Waals surface area contributed by atoms with Crippen LogP contribution < -0.4 is 0 Å². The van der Waals surface area contributed by atoms with Crippen LogP contribution in [0.4, 0.5) is 5.69 Å². The van der Waals surface area contributed by atoms with Crippen molar-refractivity contribution in [3.8, 4) is 0 Å². The van der Waals surface area contributed by atoms with Crippen LogP contribution in [0, 0.1) is 0 Å². The summed E-state index contributed by atoms with van der Waals surface area (Å²) in [6, 6.07) is 14.4. The maximum absolute atomic E-state index is 11.5. The largest absolute Gasteiger partial charge is 0.299 e. The molecule has 2 heteroatoms. The third-order valence-electron chi connectivity index (χ3n) is 3.22. The highest BCUT2D eigenvalue weighted by Crippen LogP contribution is 2.21. The minimum atomic E-state index is 0.251. The summed E-state index contributed by atoms with van der Waals surface area (Å²) >= 11 is 0. The number of benzene rings is 2. The van der Waals surface area contributed by atoms with Crippen molar-refractivity contribution < 1.29 is 4.79 Å². The molecule has 2 nitrogen and oxygen atoms in total. The highest BCUT2D eigenvalue weighted by Gasteiger charge is 2.04. The van der Waals surface area contributed by atoms with Gasteiger partial charge in [0.15, 0.2) is 0 Å². The molecule has 0 unspecified atom stereocenters. The molecule has 0 atom stereocenters. The van der Waals surface area contributed by atoms with Crippen LogP contribution in [-0.2, 0) is 4.79 Å². The predicted molar refractivity (Wildman–Crippen MR) is 81.2 cm³/mol. The first kappa shape index (κ1) is 13.5. The lowest BCUT2D eigenvalue weighted by molar-refractivity contribution is -0.117. The van der Waals surface area contributed by atoms with E-state index in [4.69, 9.17) is 0 Å². The van der Waals surface area contributed by atoms with Crippen LogP contribution in [-0.4, -0.2) is 11.5 Å². The fraction of sp³-hybridized carbons (Fsp3) is 0.294. The molecule has 0 spiro atoms. The minimum absolute atomic E-state index is 0.251. The highest BCUT2D eigenvalue weighted by molar-refractivity contribution is 6.03. The first-order chi connectivity index (χ1) is 9.22. The van der Waals surface area contributed by atoms with Gasteiger partial charge < -0.3 is 0 Å². The lowest BCUT2D eigenvalue weighted by Crippen LogP contribution is -2.05. The number of ketones is 1. The first-order valence-electron chi connectivity index (χ1n) is 6.80. The average molecular weight is 253 g/mol. The van der Waals surface area contributed by atoms with Crippen molar-refractivity contribution in [2.75, 3.05) is 0 Å². The van der Waals surface area contributed by atoms with E-state index in [0.29, 0.717) is 12.8 Å². The Morgan fingerprint density at radius 1 is 1.00 bits per heavy atom. The summed E-state index contributed by atoms with van der Waals surface area (Å²) in [6.07, 6.45) is 1.87. The summed E-state index contributed by atoms with van der Waals surface area (Å²) in [4.78, 5) is 16.1. The predicted octanol–water partition coefficient (Wildman–Crippen LogP) is 4.69. The maximum Gasteiger partial charge on any atom is 0.138 e. The summed E-state index contributed by atoms with van der Waals surface area (Å²) in [5, 5.41) is 2.39. The molecule has 0 aromatic heterocycles. The number of aliphatic imine (C=N–C) groups is 1. The maximum atomic E-state index is 11.5. The number of Topliss-reactive ketones (excluding diaryl/α,β-unsaturated/α-hetero) is 1. The molecule has 0 saturated carbocycles. The van der Waals surface area contributed by atoms with Gasteiger partial charge in [-0.15, -0.1) is 0 Å². The van der Waals surface area contributed by atoms with Crippen molar-refractivity contribution >= 4 is 28.0 Å². The first-order valence-corrected chi connectivity index (χ1v) is 6.80. The van der Waals surface area contributed by atoms with Crippen molar-refractivity contribution in [3.63, 3.8) is 0 Å². The van der Waals surface area contributed by atoms with Gasteiger partial charge in [0.25, 0.3) is 0 Å². The van der Waals surface area contributed by atoms with E-state index in [1.807, 2.05) is 32.0 Å². The van der Waals surface area contributed by atoms with Gasteiger partial charge in [-0.3, -0.25) is 9.79 Å². The lowest BCUT2D eigenvalue weighted by atomic mass is 10.1. The van der Waals surface area contributed by atoms with Crippen molar-refractivity contribution in [3.05, 3.63) is 42.5 Å². The third kappa shape index (κ3) is 3.50. The standard InChI is InChI=1S/C17H19NO/c1-3-15(12-17(19)4-2)18-16-10-9-13-7-5-6-8-14(13)11-16/h5-11H,3-4,12H2,1-2H3/b18-15-. The SMILES string of the molecule is CCC(=O)C/C(CC)=N\c1ccc2ccccc2c1. The second kappa shape index (κ2) is 6.28. The van der Waals surface area contributed by atoms with Crippen LogP contribution in [0.5, 0.6) is 0 Å². The van der Waals surface area contributed by atoms with E-state index in [9.17, 15) is 4.79 Å². The Labute approximate surface area is 114 Å². The van der Waals surface area contributed by atoms with Crippen LogP contribution in [0.1, 0.15) is 33.1 Å². The number of carbonyl (C=O) groups is 1. The molecule has 0 aliphatic carbocycles. The molecule has 0 bridgehead atoms. The van der Waals surface area contributed by atoms with E-state index >= 15 is 0 Å². The summed E-state index contributed by atoms with van der Waals surface area (Å²) in [7, 11) is 0. The number of carbonyl (C=O) groups excluding carboxylic acids is 1. The lowest BCUT2D eigenvalue weighted by Gasteiger charge is -2.04. The Morgan fingerprint density at radius 2 is 1.74 bits per heavy atom. The smallest absolute Gasteiger partial charge is 0.138 e. The van der Waals surface area contributed by atoms with E-state index in [2.05, 4.69) is 29.3 Å². The van der Waals surface area contributed by atoms with Crippen molar-refractivity contribution in [2.24, 2.45) is 4.99 Å². The van der Waals surface area contributed by atoms with Crippen molar-refractivity contribution in [2.45, 2.75) is 33.1 Å². The zero-order chi connectivity index (χ0) is 13.7. The summed E-state index contributed by atoms with van der Waals surface area (Å²) in [5.74, 6) is 0.251. The molecule has 19 heavy (non-hydrogen) atoms. The Hall–Kier alpha value is -1.96. The number of hydrogen-bond donors (Lipinski definition) is 0. The number of fused-ring (bicyclic) bond motifs is 1. The highest BCUT2D eigenvalue weighted by atomic mass is 16.1. The van der Waals surface area contributed by atoms with Crippen LogP contribution in [0.2, 0.25) is 0 Å². The molecule has 2 rings (SSSR count). The summed E-state index contributed by atoms with van der Waals surface area (Å²) in [6.45, 7) is 3.94. The van der Waals surface area contributed by atoms with Crippen LogP contribution in [0.25, 0.3) is 10.8 Å². The van der Waals surface area contributed by atoms with Gasteiger partial charge in [0, 0.05) is 18.6 Å². The average Bonchev–Trinajstić information content (AvgIpc) is 2.46. The van der Waals surface area contributed by atoms with Crippen LogP contribution >= 0.6 is 0 Å². The Morgan fingerprint density at radius 3 is 2.42 bits per heavy atom. The topological polar surface area (TPSA) is 29.4 Å². The van der Waals surface area contributed by atoms with Gasteiger partial charge in [-0.25, -0.2) is 0 Å². The molecule has 0 aliphatic rings. The zero-order valence-electron chi connectivity index (χ0n) is 11.5. The van der Waals surface area contributed by atoms with E-state index in [0.717, 1.165) is 17.8 Å². The van der Waals surface area contributed by atoms with Gasteiger partial charge in [0.2, 0.25) is 0 Å². The zero-order valence-corrected chi connectivity index (χ0v) is 11.5. The van der Waals surface area contributed by atoms with Gasteiger partial charge in [0.1, 0.15) is 5.78 Å². The van der Waals surface area contributed by atoms with Crippen molar-refractivity contribution in [1.29, 1.82) is 0 Å². The fourth-order valence-corrected chi connectivity index (χ4v) is 2.03. The molecule has 0 aliphatic heterocycles. The molecule has 98 valence electrons. The van der Waals surface area contributed by atoms with Gasteiger partial charge in [-0.2, -0.15) is 0 Å².